The van der Waals surface area contributed by atoms with E-state index in [9.17, 15) is 57.5 Å². The molecule has 6 aromatic rings. The van der Waals surface area contributed by atoms with Gasteiger partial charge >= 0.3 is 35.8 Å². The molecule has 0 aromatic heterocycles. The molecule has 0 aliphatic heterocycles. The fraction of sp³-hybridized carbons (Fsp3) is 0.415. The van der Waals surface area contributed by atoms with Crippen molar-refractivity contribution in [2.75, 3.05) is 77.2 Å². The molecule has 6 rings (SSSR count). The maximum atomic E-state index is 11.9. The highest BCUT2D eigenvalue weighted by molar-refractivity contribution is 9.10. The molecule has 0 bridgehead atoms. The van der Waals surface area contributed by atoms with Gasteiger partial charge in [0.25, 0.3) is 0 Å². The number of aryl methyl sites for hydroxylation is 4. The van der Waals surface area contributed by atoms with Gasteiger partial charge in [-0.2, -0.15) is 0 Å². The second-order valence-electron chi connectivity index (χ2n) is 24.2. The lowest BCUT2D eigenvalue weighted by atomic mass is 10.0. The van der Waals surface area contributed by atoms with Crippen molar-refractivity contribution in [3.63, 3.8) is 0 Å². The van der Waals surface area contributed by atoms with Crippen molar-refractivity contribution < 1.29 is 86.0 Å². The molecule has 0 heterocycles. The number of Topliss-reactive ketones (excluding diaryl/α,β-unsaturated/α-hetero) is 6. The molecule has 0 saturated heterocycles. The van der Waals surface area contributed by atoms with Crippen LogP contribution in [0.2, 0.25) is 10.0 Å². The van der Waals surface area contributed by atoms with Gasteiger partial charge < -0.3 is 28.4 Å². The van der Waals surface area contributed by atoms with Crippen LogP contribution >= 0.6 is 110 Å². The number of hydrogen-bond donors (Lipinski definition) is 0. The molecule has 0 radical (unpaired) electrons. The molecule has 0 fully saturated rings. The van der Waals surface area contributed by atoms with E-state index in [0.717, 1.165) is 54.5 Å². The van der Waals surface area contributed by atoms with Gasteiger partial charge in [0.15, 0.2) is 0 Å². The second-order valence-corrected chi connectivity index (χ2v) is 33.2. The molecule has 0 aliphatic rings. The normalized spacial score (nSPS) is 12.0. The lowest BCUT2D eigenvalue weighted by Gasteiger charge is -2.15. The van der Waals surface area contributed by atoms with Crippen molar-refractivity contribution in [2.24, 2.45) is 0 Å². The summed E-state index contributed by atoms with van der Waals surface area (Å²) in [5.41, 5.74) is 9.93. The van der Waals surface area contributed by atoms with E-state index in [1.807, 2.05) is 125 Å². The highest BCUT2D eigenvalue weighted by atomic mass is 79.9. The van der Waals surface area contributed by atoms with E-state index in [0.29, 0.717) is 83.1 Å². The van der Waals surface area contributed by atoms with Gasteiger partial charge in [0.2, 0.25) is 0 Å². The van der Waals surface area contributed by atoms with Crippen molar-refractivity contribution >= 4 is 180 Å². The summed E-state index contributed by atoms with van der Waals surface area (Å²) in [6.45, 7) is 17.3. The van der Waals surface area contributed by atoms with Crippen molar-refractivity contribution in [2.45, 2.75) is 139 Å². The Kier molecular flexibility index (Phi) is 52.8. The highest BCUT2D eigenvalue weighted by Crippen LogP contribution is 2.37. The summed E-state index contributed by atoms with van der Waals surface area (Å²) in [6, 6.07) is 43.3. The van der Waals surface area contributed by atoms with Crippen LogP contribution in [-0.2, 0) is 86.0 Å². The SMILES string of the molecule is COC(=O)C(SCCC(C)=O)c1ccc(Br)cc1.COC(=O)C(SCCC(C)=O)c1ccc(C)c(C)c1.COC(=O)C(SCCC(C)=O)c1ccc(C)cc1.COC(=O)C(SCCC(C)=O)c1ccc(C)cc1.COC(=O)C(SCCC(C)=O)c1ccc(Cl)cc1.COC(=O)C(SCCC(C)=O)c1cccc(Cl)c1. The number of halogens is 3. The summed E-state index contributed by atoms with van der Waals surface area (Å²) in [5, 5.41) is -1.08. The minimum absolute atomic E-state index is 0.109. The van der Waals surface area contributed by atoms with Crippen molar-refractivity contribution in [1.29, 1.82) is 0 Å². The number of thioether (sulfide) groups is 6. The van der Waals surface area contributed by atoms with Gasteiger partial charge in [-0.15, -0.1) is 70.6 Å². The molecule has 18 nitrogen and oxygen atoms in total. The predicted octanol–water partition coefficient (Wildman–Crippen LogP) is 19.0. The van der Waals surface area contributed by atoms with Gasteiger partial charge in [-0.05, 0) is 150 Å². The van der Waals surface area contributed by atoms with Gasteiger partial charge in [0, 0.05) is 87.6 Å². The summed E-state index contributed by atoms with van der Waals surface area (Å²) >= 11 is 23.6. The average molecular weight is 1720 g/mol. The van der Waals surface area contributed by atoms with Gasteiger partial charge in [-0.1, -0.05) is 153 Å². The Morgan fingerprint density at radius 3 is 0.761 bits per heavy atom. The standard InChI is InChI=1S/C15H20O3S.2C14H18O3S.C13H15BrO3S.2C13H15ClO3S/c1-10-5-6-13(9-11(10)2)14(15(17)18-4)19-8-7-12(3)16;2*1-10-4-6-12(7-5-10)13(14(16)17-3)18-9-8-11(2)15;2*1-9(15)7-8-18-12(13(16)17-2)10-3-5-11(14)6-4-10;1-9(15)6-7-18-12(13(16)17-2)10-4-3-5-11(14)8-10/h5-6,9,14H,7-8H2,1-4H3;2*4-7,13H,8-9H2,1-3H3;2*3-6,12H,7-8H2,1-2H3;3-5,8,12H,6-7H2,1-2H3. The molecule has 109 heavy (non-hydrogen) atoms. The number of carbonyl (C=O) groups is 12. The van der Waals surface area contributed by atoms with Crippen molar-refractivity contribution in [3.8, 4) is 0 Å². The monoisotopic (exact) mass is 1710 g/mol. The highest BCUT2D eigenvalue weighted by Gasteiger charge is 2.27. The molecule has 594 valence electrons. The van der Waals surface area contributed by atoms with E-state index < -0.39 is 10.5 Å². The molecular weight excluding hydrogens is 1620 g/mol. The third-order valence-corrected chi connectivity index (χ3v) is 23.5. The first-order valence-corrected chi connectivity index (χ1v) is 42.1. The Balaban J connectivity index is 0.000000654. The minimum atomic E-state index is -0.437. The topological polar surface area (TPSA) is 260 Å². The minimum Gasteiger partial charge on any atom is -0.468 e. The quantitative estimate of drug-likeness (QED) is 0.0261. The molecule has 27 heteroatoms. The maximum absolute atomic E-state index is 11.9. The predicted molar refractivity (Wildman–Crippen MR) is 450 cm³/mol. The number of ether oxygens (including phenoxy) is 6. The molecule has 0 aliphatic carbocycles. The molecule has 0 amide bonds. The molecule has 6 aromatic carbocycles. The first-order valence-electron chi connectivity index (χ1n) is 34.3. The zero-order chi connectivity index (χ0) is 82.1. The number of ketones is 6. The number of carbonyl (C=O) groups excluding carboxylic acids is 12. The van der Waals surface area contributed by atoms with Crippen LogP contribution in [0.5, 0.6) is 0 Å². The maximum Gasteiger partial charge on any atom is 0.323 e. The smallest absolute Gasteiger partial charge is 0.323 e. The molecule has 6 atom stereocenters. The first-order chi connectivity index (χ1) is 51.7. The molecule has 6 unspecified atom stereocenters. The Bertz CT molecular complexity index is 3520. The fourth-order valence-corrected chi connectivity index (χ4v) is 16.6. The van der Waals surface area contributed by atoms with Crippen LogP contribution in [-0.4, -0.2) is 148 Å². The lowest BCUT2D eigenvalue weighted by molar-refractivity contribution is -0.141. The molecule has 0 saturated carbocycles. The Hall–Kier alpha value is -6.68. The Morgan fingerprint density at radius 1 is 0.294 bits per heavy atom. The number of esters is 6. The number of methoxy groups -OCH3 is 6. The third-order valence-electron chi connectivity index (χ3n) is 15.0. The summed E-state index contributed by atoms with van der Waals surface area (Å²) in [5.74, 6) is 2.69. The van der Waals surface area contributed by atoms with Gasteiger partial charge in [-0.25, -0.2) is 0 Å². The first kappa shape index (κ1) is 100. The zero-order valence-corrected chi connectivity index (χ0v) is 72.7. The molecule has 0 spiro atoms. The van der Waals surface area contributed by atoms with E-state index >= 15 is 0 Å². The van der Waals surface area contributed by atoms with Gasteiger partial charge in [0.1, 0.15) is 66.2 Å². The van der Waals surface area contributed by atoms with Gasteiger partial charge in [-0.3, -0.25) is 57.5 Å². The van der Waals surface area contributed by atoms with Crippen LogP contribution in [0, 0.1) is 27.7 Å². The van der Waals surface area contributed by atoms with Crippen LogP contribution in [0.3, 0.4) is 0 Å². The summed E-state index contributed by atoms with van der Waals surface area (Å²) in [4.78, 5) is 136. The number of benzene rings is 6. The Morgan fingerprint density at radius 2 is 0.523 bits per heavy atom. The van der Waals surface area contributed by atoms with Crippen LogP contribution in [0.25, 0.3) is 0 Å². The van der Waals surface area contributed by atoms with Crippen molar-refractivity contribution in [3.05, 3.63) is 210 Å². The molecule has 0 N–H and O–H groups in total. The largest absolute Gasteiger partial charge is 0.468 e. The average Bonchev–Trinajstić information content (AvgIpc) is 0.938. The zero-order valence-electron chi connectivity index (χ0n) is 64.7. The molecular formula is C82H101BrCl2O18S6. The van der Waals surface area contributed by atoms with Gasteiger partial charge in [0.05, 0.1) is 42.7 Å². The third kappa shape index (κ3) is 43.1. The van der Waals surface area contributed by atoms with E-state index in [1.54, 1.807) is 70.2 Å². The summed E-state index contributed by atoms with van der Waals surface area (Å²) in [7, 11) is 8.24. The number of hydrogen-bond acceptors (Lipinski definition) is 24. The summed E-state index contributed by atoms with van der Waals surface area (Å²) < 4.78 is 29.8. The van der Waals surface area contributed by atoms with Crippen LogP contribution in [0.4, 0.5) is 0 Å². The number of rotatable bonds is 36. The fourth-order valence-electron chi connectivity index (χ4n) is 8.72. The second kappa shape index (κ2) is 57.4. The summed E-state index contributed by atoms with van der Waals surface area (Å²) in [6.07, 6.45) is 2.79. The van der Waals surface area contributed by atoms with E-state index in [1.165, 1.54) is 133 Å². The van der Waals surface area contributed by atoms with Crippen LogP contribution < -0.4 is 0 Å². The van der Waals surface area contributed by atoms with Crippen LogP contribution in [0.1, 0.15) is 167 Å². The van der Waals surface area contributed by atoms with Crippen LogP contribution in [0.15, 0.2) is 144 Å². The van der Waals surface area contributed by atoms with E-state index in [4.69, 9.17) is 51.6 Å². The van der Waals surface area contributed by atoms with E-state index in [-0.39, 0.29) is 91.5 Å². The Labute approximate surface area is 686 Å². The van der Waals surface area contributed by atoms with E-state index in [2.05, 4.69) is 15.9 Å². The lowest BCUT2D eigenvalue weighted by Crippen LogP contribution is -2.12. The van der Waals surface area contributed by atoms with Crippen molar-refractivity contribution in [1.82, 2.24) is 0 Å².